The van der Waals surface area contributed by atoms with E-state index in [1.807, 2.05) is 36.4 Å². The number of rotatable bonds is 3. The molecule has 2 rings (SSSR count). The zero-order valence-electron chi connectivity index (χ0n) is 9.31. The third kappa shape index (κ3) is 3.38. The molecule has 0 atom stereocenters. The third-order valence-electron chi connectivity index (χ3n) is 2.29. The number of halogens is 1. The zero-order chi connectivity index (χ0) is 12.3. The maximum Gasteiger partial charge on any atom is 0.185 e. The maximum atomic E-state index is 11.8. The molecule has 0 fully saturated rings. The molecule has 1 heterocycles. The summed E-state index contributed by atoms with van der Waals surface area (Å²) in [6.45, 7) is 2.05. The number of benzene rings is 1. The Morgan fingerprint density at radius 3 is 2.47 bits per heavy atom. The summed E-state index contributed by atoms with van der Waals surface area (Å²) in [6.07, 6.45) is 3.48. The molecule has 3 heteroatoms. The highest BCUT2D eigenvalue weighted by molar-refractivity contribution is 9.10. The lowest BCUT2D eigenvalue weighted by atomic mass is 10.1. The van der Waals surface area contributed by atoms with Crippen molar-refractivity contribution in [1.29, 1.82) is 0 Å². The van der Waals surface area contributed by atoms with Crippen LogP contribution in [0.2, 0.25) is 0 Å². The van der Waals surface area contributed by atoms with Crippen LogP contribution in [0.1, 0.15) is 20.1 Å². The van der Waals surface area contributed by atoms with Crippen molar-refractivity contribution in [3.8, 4) is 0 Å². The molecule has 0 N–H and O–H groups in total. The average Bonchev–Trinajstić information content (AvgIpc) is 2.73. The van der Waals surface area contributed by atoms with E-state index in [-0.39, 0.29) is 5.78 Å². The van der Waals surface area contributed by atoms with E-state index >= 15 is 0 Å². The molecule has 17 heavy (non-hydrogen) atoms. The number of carbonyl (C=O) groups excluding carboxylic acids is 1. The van der Waals surface area contributed by atoms with Gasteiger partial charge in [-0.2, -0.15) is 0 Å². The Hall–Kier alpha value is -1.19. The van der Waals surface area contributed by atoms with Gasteiger partial charge in [-0.05, 0) is 55.5 Å². The molecule has 0 saturated heterocycles. The van der Waals surface area contributed by atoms with Gasteiger partial charge in [0.25, 0.3) is 0 Å². The summed E-state index contributed by atoms with van der Waals surface area (Å²) in [6, 6.07) is 11.4. The predicted octanol–water partition coefficient (Wildman–Crippen LogP) is 4.72. The van der Waals surface area contributed by atoms with Crippen LogP contribution in [0.3, 0.4) is 0 Å². The highest BCUT2D eigenvalue weighted by Crippen LogP contribution is 2.17. The van der Waals surface area contributed by atoms with Gasteiger partial charge in [-0.1, -0.05) is 15.9 Å². The molecular weight excluding hydrogens is 296 g/mol. The van der Waals surface area contributed by atoms with Crippen molar-refractivity contribution in [1.82, 2.24) is 0 Å². The lowest BCUT2D eigenvalue weighted by molar-refractivity contribution is 0.104. The molecule has 0 unspecified atom stereocenters. The average molecular weight is 307 g/mol. The highest BCUT2D eigenvalue weighted by atomic mass is 79.9. The van der Waals surface area contributed by atoms with Crippen LogP contribution in [0.4, 0.5) is 0 Å². The van der Waals surface area contributed by atoms with E-state index in [0.717, 1.165) is 9.35 Å². The van der Waals surface area contributed by atoms with Gasteiger partial charge in [0.15, 0.2) is 5.78 Å². The first-order valence-corrected chi connectivity index (χ1v) is 6.80. The fraction of sp³-hybridized carbons (Fsp3) is 0.0714. The Morgan fingerprint density at radius 2 is 1.88 bits per heavy atom. The van der Waals surface area contributed by atoms with Crippen LogP contribution < -0.4 is 0 Å². The standard InChI is InChI=1S/C14H11BrOS/c1-10-2-7-13(17-10)8-9-14(16)11-3-5-12(15)6-4-11/h2-9H,1H3. The van der Waals surface area contributed by atoms with Gasteiger partial charge in [0.1, 0.15) is 0 Å². The Kier molecular flexibility index (Phi) is 3.92. The summed E-state index contributed by atoms with van der Waals surface area (Å²) < 4.78 is 0.979. The molecule has 1 aromatic heterocycles. The molecule has 0 aliphatic heterocycles. The van der Waals surface area contributed by atoms with Gasteiger partial charge in [0.2, 0.25) is 0 Å². The molecule has 2 aromatic rings. The number of ketones is 1. The van der Waals surface area contributed by atoms with Crippen molar-refractivity contribution in [2.75, 3.05) is 0 Å². The minimum atomic E-state index is 0.0311. The Morgan fingerprint density at radius 1 is 1.18 bits per heavy atom. The summed E-state index contributed by atoms with van der Waals surface area (Å²) >= 11 is 5.03. The normalized spacial score (nSPS) is 10.9. The topological polar surface area (TPSA) is 17.1 Å². The molecule has 0 radical (unpaired) electrons. The molecule has 0 spiro atoms. The number of hydrogen-bond donors (Lipinski definition) is 0. The molecular formula is C14H11BrOS. The second-order valence-electron chi connectivity index (χ2n) is 3.65. The van der Waals surface area contributed by atoms with Crippen molar-refractivity contribution >= 4 is 39.1 Å². The van der Waals surface area contributed by atoms with Crippen molar-refractivity contribution in [2.45, 2.75) is 6.92 Å². The van der Waals surface area contributed by atoms with Crippen molar-refractivity contribution < 1.29 is 4.79 Å². The molecule has 1 aromatic carbocycles. The second kappa shape index (κ2) is 5.43. The molecule has 0 aliphatic rings. The first-order chi connectivity index (χ1) is 8.15. The van der Waals surface area contributed by atoms with Gasteiger partial charge in [-0.25, -0.2) is 0 Å². The SMILES string of the molecule is Cc1ccc(C=CC(=O)c2ccc(Br)cc2)s1. The van der Waals surface area contributed by atoms with Crippen LogP contribution in [0.15, 0.2) is 46.9 Å². The summed E-state index contributed by atoms with van der Waals surface area (Å²) in [5.74, 6) is 0.0311. The monoisotopic (exact) mass is 306 g/mol. The van der Waals surface area contributed by atoms with Crippen molar-refractivity contribution in [2.24, 2.45) is 0 Å². The Balaban J connectivity index is 2.11. The van der Waals surface area contributed by atoms with Crippen LogP contribution in [-0.2, 0) is 0 Å². The molecule has 1 nitrogen and oxygen atoms in total. The predicted molar refractivity (Wildman–Crippen MR) is 76.6 cm³/mol. The van der Waals surface area contributed by atoms with E-state index in [1.54, 1.807) is 17.4 Å². The fourth-order valence-corrected chi connectivity index (χ4v) is 2.46. The smallest absolute Gasteiger partial charge is 0.185 e. The van der Waals surface area contributed by atoms with Crippen molar-refractivity contribution in [3.05, 3.63) is 62.3 Å². The highest BCUT2D eigenvalue weighted by Gasteiger charge is 2.01. The molecule has 0 aliphatic carbocycles. The summed E-state index contributed by atoms with van der Waals surface area (Å²) in [5.41, 5.74) is 0.706. The fourth-order valence-electron chi connectivity index (χ4n) is 1.41. The minimum absolute atomic E-state index is 0.0311. The molecule has 86 valence electrons. The molecule has 0 bridgehead atoms. The number of aryl methyl sites for hydroxylation is 1. The maximum absolute atomic E-state index is 11.8. The second-order valence-corrected chi connectivity index (χ2v) is 5.89. The number of hydrogen-bond acceptors (Lipinski definition) is 2. The van der Waals surface area contributed by atoms with E-state index in [1.165, 1.54) is 4.88 Å². The van der Waals surface area contributed by atoms with Crippen molar-refractivity contribution in [3.63, 3.8) is 0 Å². The van der Waals surface area contributed by atoms with E-state index in [9.17, 15) is 4.79 Å². The largest absolute Gasteiger partial charge is 0.289 e. The van der Waals surface area contributed by atoms with Crippen LogP contribution in [0, 0.1) is 6.92 Å². The van der Waals surface area contributed by atoms with Gasteiger partial charge >= 0.3 is 0 Å². The first-order valence-electron chi connectivity index (χ1n) is 5.19. The third-order valence-corrected chi connectivity index (χ3v) is 3.78. The lowest BCUT2D eigenvalue weighted by Crippen LogP contribution is -1.92. The zero-order valence-corrected chi connectivity index (χ0v) is 11.7. The lowest BCUT2D eigenvalue weighted by Gasteiger charge is -1.95. The van der Waals surface area contributed by atoms with Gasteiger partial charge in [-0.15, -0.1) is 11.3 Å². The van der Waals surface area contributed by atoms with E-state index in [4.69, 9.17) is 0 Å². The van der Waals surface area contributed by atoms with Gasteiger partial charge < -0.3 is 0 Å². The van der Waals surface area contributed by atoms with E-state index in [0.29, 0.717) is 5.56 Å². The molecule has 0 saturated carbocycles. The number of thiophene rings is 1. The Labute approximate surface area is 113 Å². The van der Waals surface area contributed by atoms with Gasteiger partial charge in [0.05, 0.1) is 0 Å². The van der Waals surface area contributed by atoms with Gasteiger partial charge in [0, 0.05) is 19.8 Å². The first kappa shape index (κ1) is 12.3. The number of carbonyl (C=O) groups is 1. The summed E-state index contributed by atoms with van der Waals surface area (Å²) in [4.78, 5) is 14.2. The van der Waals surface area contributed by atoms with E-state index in [2.05, 4.69) is 28.9 Å². The Bertz CT molecular complexity index is 552. The van der Waals surface area contributed by atoms with Crippen LogP contribution in [0.5, 0.6) is 0 Å². The van der Waals surface area contributed by atoms with Crippen LogP contribution >= 0.6 is 27.3 Å². The van der Waals surface area contributed by atoms with Crippen LogP contribution in [0.25, 0.3) is 6.08 Å². The minimum Gasteiger partial charge on any atom is -0.289 e. The van der Waals surface area contributed by atoms with Gasteiger partial charge in [-0.3, -0.25) is 4.79 Å². The van der Waals surface area contributed by atoms with Crippen LogP contribution in [-0.4, -0.2) is 5.78 Å². The summed E-state index contributed by atoms with van der Waals surface area (Å²) in [7, 11) is 0. The number of allylic oxidation sites excluding steroid dienone is 1. The molecule has 0 amide bonds. The van der Waals surface area contributed by atoms with E-state index < -0.39 is 0 Å². The quantitative estimate of drug-likeness (QED) is 0.592. The summed E-state index contributed by atoms with van der Waals surface area (Å²) in [5, 5.41) is 0.